The van der Waals surface area contributed by atoms with Gasteiger partial charge in [0, 0.05) is 12.1 Å². The average molecular weight is 390 g/mol. The topological polar surface area (TPSA) is 49.4 Å². The maximum Gasteiger partial charge on any atom is 0.418 e. The predicted molar refractivity (Wildman–Crippen MR) is 101 cm³/mol. The SMILES string of the molecule is CCCC(=O)N1c2ccccc2CCC1C(=O)Nc1ccccc1C(F)(F)F. The van der Waals surface area contributed by atoms with Crippen LogP contribution in [-0.2, 0) is 22.2 Å². The highest BCUT2D eigenvalue weighted by molar-refractivity contribution is 6.06. The van der Waals surface area contributed by atoms with Crippen LogP contribution in [0.2, 0.25) is 0 Å². The normalized spacial score (nSPS) is 16.4. The fourth-order valence-corrected chi connectivity index (χ4v) is 3.49. The maximum absolute atomic E-state index is 13.2. The first kappa shape index (κ1) is 19.9. The lowest BCUT2D eigenvalue weighted by Crippen LogP contribution is -2.50. The second-order valence-electron chi connectivity index (χ2n) is 6.73. The van der Waals surface area contributed by atoms with E-state index in [1.807, 2.05) is 19.1 Å². The van der Waals surface area contributed by atoms with Crippen LogP contribution >= 0.6 is 0 Å². The van der Waals surface area contributed by atoms with E-state index in [1.54, 1.807) is 12.1 Å². The molecular weight excluding hydrogens is 369 g/mol. The number of rotatable bonds is 4. The minimum absolute atomic E-state index is 0.209. The summed E-state index contributed by atoms with van der Waals surface area (Å²) >= 11 is 0. The number of anilines is 2. The lowest BCUT2D eigenvalue weighted by atomic mass is 9.94. The first-order valence-electron chi connectivity index (χ1n) is 9.20. The van der Waals surface area contributed by atoms with E-state index < -0.39 is 23.7 Å². The molecule has 148 valence electrons. The van der Waals surface area contributed by atoms with Gasteiger partial charge in [0.25, 0.3) is 0 Å². The van der Waals surface area contributed by atoms with Crippen molar-refractivity contribution in [2.75, 3.05) is 10.2 Å². The Morgan fingerprint density at radius 2 is 1.79 bits per heavy atom. The molecule has 7 heteroatoms. The number of para-hydroxylation sites is 2. The molecule has 0 aliphatic carbocycles. The summed E-state index contributed by atoms with van der Waals surface area (Å²) in [4.78, 5) is 27.1. The van der Waals surface area contributed by atoms with Crippen LogP contribution in [0.15, 0.2) is 48.5 Å². The molecule has 2 aromatic carbocycles. The molecular formula is C21H21F3N2O2. The summed E-state index contributed by atoms with van der Waals surface area (Å²) in [7, 11) is 0. The number of alkyl halides is 3. The van der Waals surface area contributed by atoms with Gasteiger partial charge < -0.3 is 5.32 Å². The van der Waals surface area contributed by atoms with Crippen molar-refractivity contribution < 1.29 is 22.8 Å². The van der Waals surface area contributed by atoms with Crippen LogP contribution in [-0.4, -0.2) is 17.9 Å². The first-order valence-corrected chi connectivity index (χ1v) is 9.20. The molecule has 1 aliphatic heterocycles. The highest BCUT2D eigenvalue weighted by Gasteiger charge is 2.37. The molecule has 0 saturated heterocycles. The largest absolute Gasteiger partial charge is 0.418 e. The van der Waals surface area contributed by atoms with Crippen molar-refractivity contribution in [3.8, 4) is 0 Å². The van der Waals surface area contributed by atoms with Gasteiger partial charge in [0.1, 0.15) is 6.04 Å². The molecule has 0 fully saturated rings. The fourth-order valence-electron chi connectivity index (χ4n) is 3.49. The number of fused-ring (bicyclic) bond motifs is 1. The number of hydrogen-bond donors (Lipinski definition) is 1. The summed E-state index contributed by atoms with van der Waals surface area (Å²) in [6.07, 6.45) is -2.78. The number of hydrogen-bond acceptors (Lipinski definition) is 2. The Kier molecular flexibility index (Phi) is 5.72. The maximum atomic E-state index is 13.2. The van der Waals surface area contributed by atoms with Crippen LogP contribution in [0, 0.1) is 0 Å². The Morgan fingerprint density at radius 1 is 1.11 bits per heavy atom. The standard InChI is InChI=1S/C21H21F3N2O2/c1-2-7-19(27)26-17-11-6-3-8-14(17)12-13-18(26)20(28)25-16-10-5-4-9-15(16)21(22,23)24/h3-6,8-11,18H,2,7,12-13H2,1H3,(H,25,28). The first-order chi connectivity index (χ1) is 13.3. The van der Waals surface area contributed by atoms with E-state index in [9.17, 15) is 22.8 Å². The van der Waals surface area contributed by atoms with Crippen LogP contribution in [0.3, 0.4) is 0 Å². The molecule has 1 aliphatic rings. The monoisotopic (exact) mass is 390 g/mol. The molecule has 0 saturated carbocycles. The number of carbonyl (C=O) groups is 2. The van der Waals surface area contributed by atoms with Crippen LogP contribution in [0.4, 0.5) is 24.5 Å². The molecule has 2 aromatic rings. The van der Waals surface area contributed by atoms with Crippen LogP contribution < -0.4 is 10.2 Å². The zero-order valence-corrected chi connectivity index (χ0v) is 15.4. The van der Waals surface area contributed by atoms with Gasteiger partial charge in [-0.25, -0.2) is 0 Å². The lowest BCUT2D eigenvalue weighted by Gasteiger charge is -2.36. The predicted octanol–water partition coefficient (Wildman–Crippen LogP) is 4.79. The molecule has 0 bridgehead atoms. The van der Waals surface area contributed by atoms with Crippen molar-refractivity contribution in [1.82, 2.24) is 0 Å². The third-order valence-corrected chi connectivity index (χ3v) is 4.78. The number of aryl methyl sites for hydroxylation is 1. The van der Waals surface area contributed by atoms with Crippen molar-refractivity contribution in [2.45, 2.75) is 44.8 Å². The number of carbonyl (C=O) groups excluding carboxylic acids is 2. The summed E-state index contributed by atoms with van der Waals surface area (Å²) in [6, 6.07) is 11.3. The van der Waals surface area contributed by atoms with E-state index in [0.29, 0.717) is 24.9 Å². The molecule has 1 unspecified atom stereocenters. The van der Waals surface area contributed by atoms with Crippen molar-refractivity contribution in [3.05, 3.63) is 59.7 Å². The summed E-state index contributed by atoms with van der Waals surface area (Å²) in [5.74, 6) is -0.824. The third kappa shape index (κ3) is 4.03. The Bertz CT molecular complexity index is 880. The van der Waals surface area contributed by atoms with Gasteiger partial charge in [-0.1, -0.05) is 37.3 Å². The third-order valence-electron chi connectivity index (χ3n) is 4.78. The van der Waals surface area contributed by atoms with Crippen molar-refractivity contribution >= 4 is 23.2 Å². The summed E-state index contributed by atoms with van der Waals surface area (Å²) < 4.78 is 39.7. The number of amides is 2. The van der Waals surface area contributed by atoms with E-state index in [4.69, 9.17) is 0 Å². The van der Waals surface area contributed by atoms with E-state index in [-0.39, 0.29) is 18.0 Å². The van der Waals surface area contributed by atoms with Crippen LogP contribution in [0.5, 0.6) is 0 Å². The Morgan fingerprint density at radius 3 is 2.50 bits per heavy atom. The van der Waals surface area contributed by atoms with Crippen molar-refractivity contribution in [3.63, 3.8) is 0 Å². The number of nitrogens with one attached hydrogen (secondary N) is 1. The highest BCUT2D eigenvalue weighted by Crippen LogP contribution is 2.36. The van der Waals surface area contributed by atoms with Gasteiger partial charge in [0.15, 0.2) is 0 Å². The highest BCUT2D eigenvalue weighted by atomic mass is 19.4. The molecule has 1 N–H and O–H groups in total. The van der Waals surface area contributed by atoms with Crippen molar-refractivity contribution in [2.24, 2.45) is 0 Å². The quantitative estimate of drug-likeness (QED) is 0.816. The molecule has 2 amide bonds. The van der Waals surface area contributed by atoms with Gasteiger partial charge in [0.05, 0.1) is 11.3 Å². The second kappa shape index (κ2) is 8.04. The number of halogens is 3. The van der Waals surface area contributed by atoms with Gasteiger partial charge in [0.2, 0.25) is 11.8 Å². The molecule has 1 atom stereocenters. The molecule has 0 spiro atoms. The number of benzene rings is 2. The van der Waals surface area contributed by atoms with E-state index >= 15 is 0 Å². The lowest BCUT2D eigenvalue weighted by molar-refractivity contribution is -0.137. The molecule has 3 rings (SSSR count). The summed E-state index contributed by atoms with van der Waals surface area (Å²) in [6.45, 7) is 1.86. The Labute approximate surface area is 161 Å². The average Bonchev–Trinajstić information content (AvgIpc) is 2.66. The zero-order valence-electron chi connectivity index (χ0n) is 15.4. The zero-order chi connectivity index (χ0) is 20.3. The summed E-state index contributed by atoms with van der Waals surface area (Å²) in [5.41, 5.74) is 0.385. The minimum atomic E-state index is -4.58. The van der Waals surface area contributed by atoms with E-state index in [1.165, 1.54) is 23.1 Å². The molecule has 0 radical (unpaired) electrons. The fraction of sp³-hybridized carbons (Fsp3) is 0.333. The van der Waals surface area contributed by atoms with Crippen LogP contribution in [0.25, 0.3) is 0 Å². The molecule has 4 nitrogen and oxygen atoms in total. The number of nitrogens with zero attached hydrogens (tertiary/aromatic N) is 1. The summed E-state index contributed by atoms with van der Waals surface area (Å²) in [5, 5.41) is 2.39. The van der Waals surface area contributed by atoms with E-state index in [2.05, 4.69) is 5.32 Å². The Hall–Kier alpha value is -2.83. The molecule has 1 heterocycles. The molecule has 0 aromatic heterocycles. The Balaban J connectivity index is 1.92. The van der Waals surface area contributed by atoms with Crippen molar-refractivity contribution in [1.29, 1.82) is 0 Å². The van der Waals surface area contributed by atoms with Gasteiger partial charge in [-0.15, -0.1) is 0 Å². The van der Waals surface area contributed by atoms with E-state index in [0.717, 1.165) is 11.6 Å². The van der Waals surface area contributed by atoms with Gasteiger partial charge in [-0.3, -0.25) is 14.5 Å². The van der Waals surface area contributed by atoms with Crippen LogP contribution in [0.1, 0.15) is 37.3 Å². The second-order valence-corrected chi connectivity index (χ2v) is 6.73. The van der Waals surface area contributed by atoms with Gasteiger partial charge in [-0.2, -0.15) is 13.2 Å². The minimum Gasteiger partial charge on any atom is -0.324 e. The van der Waals surface area contributed by atoms with Gasteiger partial charge in [-0.05, 0) is 43.0 Å². The smallest absolute Gasteiger partial charge is 0.324 e. The molecule has 28 heavy (non-hydrogen) atoms. The van der Waals surface area contributed by atoms with Gasteiger partial charge >= 0.3 is 6.18 Å².